The van der Waals surface area contributed by atoms with Crippen molar-refractivity contribution < 1.29 is 13.9 Å². The second-order valence-electron chi connectivity index (χ2n) is 4.15. The maximum Gasteiger partial charge on any atom is 0.255 e. The summed E-state index contributed by atoms with van der Waals surface area (Å²) in [5.74, 6) is -0.543. The van der Waals surface area contributed by atoms with Crippen molar-refractivity contribution in [3.63, 3.8) is 0 Å². The van der Waals surface area contributed by atoms with Crippen LogP contribution >= 0.6 is 11.6 Å². The molecule has 2 rings (SSSR count). The van der Waals surface area contributed by atoms with Crippen molar-refractivity contribution >= 4 is 17.5 Å². The van der Waals surface area contributed by atoms with Crippen LogP contribution in [-0.4, -0.2) is 13.0 Å². The Bertz CT molecular complexity index is 614. The lowest BCUT2D eigenvalue weighted by Gasteiger charge is -2.09. The number of amides is 1. The van der Waals surface area contributed by atoms with Gasteiger partial charge in [-0.25, -0.2) is 4.39 Å². The lowest BCUT2D eigenvalue weighted by Crippen LogP contribution is -2.23. The molecule has 1 amide bonds. The first-order chi connectivity index (χ1) is 9.60. The summed E-state index contributed by atoms with van der Waals surface area (Å²) >= 11 is 5.78. The highest BCUT2D eigenvalue weighted by Gasteiger charge is 2.13. The molecule has 0 aliphatic carbocycles. The summed E-state index contributed by atoms with van der Waals surface area (Å²) in [6.45, 7) is 0.329. The molecule has 0 saturated heterocycles. The van der Waals surface area contributed by atoms with Crippen molar-refractivity contribution in [2.75, 3.05) is 7.11 Å². The summed E-state index contributed by atoms with van der Waals surface area (Å²) in [5.41, 5.74) is 1.07. The summed E-state index contributed by atoms with van der Waals surface area (Å²) in [6, 6.07) is 10.9. The van der Waals surface area contributed by atoms with Gasteiger partial charge >= 0.3 is 0 Å². The molecule has 2 aromatic rings. The molecule has 0 radical (unpaired) electrons. The average Bonchev–Trinajstić information content (AvgIpc) is 2.46. The maximum atomic E-state index is 13.2. The smallest absolute Gasteiger partial charge is 0.255 e. The van der Waals surface area contributed by atoms with Crippen LogP contribution in [0.3, 0.4) is 0 Å². The van der Waals surface area contributed by atoms with Gasteiger partial charge in [0, 0.05) is 11.6 Å². The molecule has 1 N–H and O–H groups in total. The first-order valence-electron chi connectivity index (χ1n) is 5.96. The molecule has 0 aliphatic heterocycles. The number of rotatable bonds is 4. The largest absolute Gasteiger partial charge is 0.496 e. The van der Waals surface area contributed by atoms with Crippen LogP contribution in [0.25, 0.3) is 0 Å². The second kappa shape index (κ2) is 6.39. The van der Waals surface area contributed by atoms with E-state index in [1.54, 1.807) is 12.1 Å². The molecular formula is C15H13ClFNO2. The lowest BCUT2D eigenvalue weighted by molar-refractivity contribution is 0.0947. The highest BCUT2D eigenvalue weighted by molar-refractivity contribution is 6.30. The van der Waals surface area contributed by atoms with E-state index in [9.17, 15) is 9.18 Å². The third-order valence-corrected chi connectivity index (χ3v) is 3.02. The zero-order valence-electron chi connectivity index (χ0n) is 10.8. The molecule has 0 fully saturated rings. The Kier molecular flexibility index (Phi) is 4.58. The van der Waals surface area contributed by atoms with Gasteiger partial charge in [0.05, 0.1) is 12.7 Å². The zero-order chi connectivity index (χ0) is 14.5. The van der Waals surface area contributed by atoms with Gasteiger partial charge in [0.15, 0.2) is 0 Å². The Morgan fingerprint density at radius 1 is 1.25 bits per heavy atom. The minimum atomic E-state index is -0.484. The van der Waals surface area contributed by atoms with Gasteiger partial charge in [-0.2, -0.15) is 0 Å². The van der Waals surface area contributed by atoms with E-state index in [1.807, 2.05) is 12.1 Å². The van der Waals surface area contributed by atoms with Crippen LogP contribution in [0.5, 0.6) is 5.75 Å². The number of methoxy groups -OCH3 is 1. The Morgan fingerprint density at radius 3 is 2.60 bits per heavy atom. The lowest BCUT2D eigenvalue weighted by atomic mass is 10.1. The molecule has 0 unspecified atom stereocenters. The molecule has 0 saturated carbocycles. The minimum Gasteiger partial charge on any atom is -0.496 e. The number of hydrogen-bond donors (Lipinski definition) is 1. The first-order valence-corrected chi connectivity index (χ1v) is 6.34. The minimum absolute atomic E-state index is 0.168. The zero-order valence-corrected chi connectivity index (χ0v) is 11.6. The molecule has 5 heteroatoms. The Labute approximate surface area is 121 Å². The fourth-order valence-electron chi connectivity index (χ4n) is 1.74. The standard InChI is InChI=1S/C15H13ClFNO2/c1-20-14-7-6-12(17)8-13(14)15(19)18-9-10-2-4-11(16)5-3-10/h2-8H,9H2,1H3,(H,18,19). The fourth-order valence-corrected chi connectivity index (χ4v) is 1.86. The van der Waals surface area contributed by atoms with Crippen LogP contribution in [-0.2, 0) is 6.54 Å². The summed E-state index contributed by atoms with van der Waals surface area (Å²) < 4.78 is 18.2. The Balaban J connectivity index is 2.08. The van der Waals surface area contributed by atoms with E-state index < -0.39 is 11.7 Å². The molecule has 0 heterocycles. The molecule has 2 aromatic carbocycles. The van der Waals surface area contributed by atoms with E-state index in [0.717, 1.165) is 11.6 Å². The van der Waals surface area contributed by atoms with E-state index in [4.69, 9.17) is 16.3 Å². The Morgan fingerprint density at radius 2 is 1.95 bits per heavy atom. The average molecular weight is 294 g/mol. The van der Waals surface area contributed by atoms with E-state index in [2.05, 4.69) is 5.32 Å². The molecule has 3 nitrogen and oxygen atoms in total. The molecule has 20 heavy (non-hydrogen) atoms. The van der Waals surface area contributed by atoms with Gasteiger partial charge in [-0.05, 0) is 35.9 Å². The summed E-state index contributed by atoms with van der Waals surface area (Å²) in [7, 11) is 1.43. The predicted octanol–water partition coefficient (Wildman–Crippen LogP) is 3.42. The molecule has 104 valence electrons. The van der Waals surface area contributed by atoms with Crippen LogP contribution < -0.4 is 10.1 Å². The van der Waals surface area contributed by atoms with Gasteiger partial charge in [-0.1, -0.05) is 23.7 Å². The molecule has 0 atom stereocenters. The monoisotopic (exact) mass is 293 g/mol. The SMILES string of the molecule is COc1ccc(F)cc1C(=O)NCc1ccc(Cl)cc1. The van der Waals surface area contributed by atoms with Gasteiger partial charge in [0.25, 0.3) is 5.91 Å². The van der Waals surface area contributed by atoms with Crippen LogP contribution in [0.2, 0.25) is 5.02 Å². The van der Waals surface area contributed by atoms with Gasteiger partial charge in [-0.15, -0.1) is 0 Å². The molecule has 0 aromatic heterocycles. The van der Waals surface area contributed by atoms with Crippen molar-refractivity contribution in [3.8, 4) is 5.75 Å². The van der Waals surface area contributed by atoms with E-state index in [1.165, 1.54) is 19.2 Å². The van der Waals surface area contributed by atoms with Crippen LogP contribution in [0.1, 0.15) is 15.9 Å². The van der Waals surface area contributed by atoms with Gasteiger partial charge in [0.1, 0.15) is 11.6 Å². The van der Waals surface area contributed by atoms with Crippen molar-refractivity contribution in [1.82, 2.24) is 5.32 Å². The third-order valence-electron chi connectivity index (χ3n) is 2.77. The van der Waals surface area contributed by atoms with Crippen LogP contribution in [0, 0.1) is 5.82 Å². The van der Waals surface area contributed by atoms with Gasteiger partial charge < -0.3 is 10.1 Å². The van der Waals surface area contributed by atoms with Crippen molar-refractivity contribution in [1.29, 1.82) is 0 Å². The van der Waals surface area contributed by atoms with Crippen LogP contribution in [0.15, 0.2) is 42.5 Å². The van der Waals surface area contributed by atoms with Crippen molar-refractivity contribution in [2.45, 2.75) is 6.54 Å². The fraction of sp³-hybridized carbons (Fsp3) is 0.133. The summed E-state index contributed by atoms with van der Waals surface area (Å²) in [6.07, 6.45) is 0. The Hall–Kier alpha value is -2.07. The van der Waals surface area contributed by atoms with E-state index >= 15 is 0 Å². The number of hydrogen-bond acceptors (Lipinski definition) is 2. The quantitative estimate of drug-likeness (QED) is 0.938. The normalized spacial score (nSPS) is 10.2. The third kappa shape index (κ3) is 3.48. The van der Waals surface area contributed by atoms with E-state index in [-0.39, 0.29) is 5.56 Å². The summed E-state index contributed by atoms with van der Waals surface area (Å²) in [5, 5.41) is 3.34. The molecule has 0 bridgehead atoms. The number of carbonyl (C=O) groups excluding carboxylic acids is 1. The van der Waals surface area contributed by atoms with Gasteiger partial charge in [-0.3, -0.25) is 4.79 Å². The number of carbonyl (C=O) groups is 1. The predicted molar refractivity (Wildman–Crippen MR) is 75.6 cm³/mol. The number of ether oxygens (including phenoxy) is 1. The number of benzene rings is 2. The topological polar surface area (TPSA) is 38.3 Å². The number of nitrogens with one attached hydrogen (secondary N) is 1. The van der Waals surface area contributed by atoms with E-state index in [0.29, 0.717) is 17.3 Å². The van der Waals surface area contributed by atoms with Gasteiger partial charge in [0.2, 0.25) is 0 Å². The molecule has 0 spiro atoms. The maximum absolute atomic E-state index is 13.2. The van der Waals surface area contributed by atoms with Crippen molar-refractivity contribution in [2.24, 2.45) is 0 Å². The highest BCUT2D eigenvalue weighted by Crippen LogP contribution is 2.19. The van der Waals surface area contributed by atoms with Crippen LogP contribution in [0.4, 0.5) is 4.39 Å². The van der Waals surface area contributed by atoms with Crippen molar-refractivity contribution in [3.05, 3.63) is 64.4 Å². The summed E-state index contributed by atoms with van der Waals surface area (Å²) in [4.78, 5) is 12.0. The first kappa shape index (κ1) is 14.3. The highest BCUT2D eigenvalue weighted by atomic mass is 35.5. The number of halogens is 2. The second-order valence-corrected chi connectivity index (χ2v) is 4.59. The molecular weight excluding hydrogens is 281 g/mol. The molecule has 0 aliphatic rings.